The van der Waals surface area contributed by atoms with E-state index in [2.05, 4.69) is 67.0 Å². The van der Waals surface area contributed by atoms with Crippen LogP contribution in [0, 0.1) is 20.2 Å². The Morgan fingerprint density at radius 2 is 0.864 bits per heavy atom. The zero-order valence-corrected chi connectivity index (χ0v) is 39.8. The van der Waals surface area contributed by atoms with Crippen molar-refractivity contribution in [1.82, 2.24) is 0 Å². The number of nitrogens with zero attached hydrogens (tertiary/aromatic N) is 4. The smallest absolute Gasteiger partial charge is 0.331 e. The second-order valence-corrected chi connectivity index (χ2v) is 17.1. The molecule has 0 fully saturated rings. The fraction of sp³-hybridized carbons (Fsp3) is 0.442. The SMILES string of the molecule is CC(=O)OC(C)=O.CCCCC1(CCCC)c2cc(/C(C)=N/O)ccc2-c2ccc([N+](=O)[O-])cc21.CCCCC1(CCCC)c2cc(/C(C)=N/OC(C)=O)ccc2-c2ccc([N+](=O)[O-])cc21. The number of benzene rings is 4. The molecule has 66 heavy (non-hydrogen) atoms. The summed E-state index contributed by atoms with van der Waals surface area (Å²) in [6.45, 7) is 16.0. The van der Waals surface area contributed by atoms with E-state index >= 15 is 0 Å². The highest BCUT2D eigenvalue weighted by Crippen LogP contribution is 2.56. The molecule has 0 unspecified atom stereocenters. The number of nitro benzene ring substituents is 2. The predicted molar refractivity (Wildman–Crippen MR) is 257 cm³/mol. The molecule has 2 aliphatic rings. The van der Waals surface area contributed by atoms with Gasteiger partial charge in [-0.3, -0.25) is 29.8 Å². The number of carbonyl (C=O) groups is 3. The van der Waals surface area contributed by atoms with E-state index in [1.807, 2.05) is 31.2 Å². The number of hydrogen-bond acceptors (Lipinski definition) is 12. The second kappa shape index (κ2) is 23.6. The van der Waals surface area contributed by atoms with Crippen LogP contribution in [0.15, 0.2) is 83.1 Å². The number of esters is 2. The molecule has 0 aliphatic heterocycles. The fourth-order valence-corrected chi connectivity index (χ4v) is 9.33. The largest absolute Gasteiger partial charge is 0.411 e. The summed E-state index contributed by atoms with van der Waals surface area (Å²) in [6.07, 6.45) is 12.3. The van der Waals surface area contributed by atoms with Crippen molar-refractivity contribution in [2.45, 2.75) is 150 Å². The minimum atomic E-state index is -0.562. The summed E-state index contributed by atoms with van der Waals surface area (Å²) < 4.78 is 3.97. The van der Waals surface area contributed by atoms with E-state index in [0.717, 1.165) is 122 Å². The molecule has 0 saturated heterocycles. The van der Waals surface area contributed by atoms with E-state index in [1.54, 1.807) is 31.2 Å². The van der Waals surface area contributed by atoms with Crippen LogP contribution in [-0.4, -0.2) is 44.4 Å². The summed E-state index contributed by atoms with van der Waals surface area (Å²) in [5.41, 5.74) is 11.8. The Bertz CT molecular complexity index is 2460. The van der Waals surface area contributed by atoms with E-state index in [-0.39, 0.29) is 32.1 Å². The number of unbranched alkanes of at least 4 members (excludes halogenated alkanes) is 4. The Kier molecular flexibility index (Phi) is 18.6. The Morgan fingerprint density at radius 3 is 1.15 bits per heavy atom. The molecule has 0 atom stereocenters. The van der Waals surface area contributed by atoms with Crippen molar-refractivity contribution in [3.05, 3.63) is 126 Å². The predicted octanol–water partition coefficient (Wildman–Crippen LogP) is 13.1. The number of oxime groups is 2. The van der Waals surface area contributed by atoms with Crippen molar-refractivity contribution in [1.29, 1.82) is 0 Å². The summed E-state index contributed by atoms with van der Waals surface area (Å²) in [6, 6.07) is 22.9. The third kappa shape index (κ3) is 11.8. The lowest BCUT2D eigenvalue weighted by Gasteiger charge is -2.32. The molecule has 0 spiro atoms. The molecule has 14 nitrogen and oxygen atoms in total. The van der Waals surface area contributed by atoms with Crippen molar-refractivity contribution in [2.24, 2.45) is 10.3 Å². The summed E-state index contributed by atoms with van der Waals surface area (Å²) in [5.74, 6) is -1.58. The molecule has 4 aromatic rings. The van der Waals surface area contributed by atoms with Gasteiger partial charge in [-0.1, -0.05) is 114 Å². The molecule has 0 aromatic heterocycles. The standard InChI is InChI=1S/C25H30N2O4.C23H28N2O3.C4H6O3/c1-5-7-13-25(14-8-6-2)23-15-19(17(3)26-31-18(4)28)9-11-21(23)22-12-10-20(27(29)30)16-24(22)25;1-4-6-12-23(13-7-5-2)21-14-17(16(3)24-26)8-10-19(21)20-11-9-18(25(27)28)15-22(20)23;1-3(5)7-4(2)6/h9-12,15-16H,5-8,13-14H2,1-4H3;8-11,14-15,26H,4-7,12-13H2,1-3H3;1-2H3/b26-17+;24-16+;. The van der Waals surface area contributed by atoms with Crippen molar-refractivity contribution < 1.29 is 39.0 Å². The highest BCUT2D eigenvalue weighted by atomic mass is 16.7. The molecule has 14 heteroatoms. The van der Waals surface area contributed by atoms with Crippen LogP contribution in [-0.2, 0) is 34.8 Å². The molecule has 0 amide bonds. The molecule has 4 aromatic carbocycles. The maximum absolute atomic E-state index is 11.5. The van der Waals surface area contributed by atoms with Crippen LogP contribution < -0.4 is 0 Å². The number of nitro groups is 2. The van der Waals surface area contributed by atoms with Crippen LogP contribution in [0.25, 0.3) is 22.3 Å². The van der Waals surface area contributed by atoms with Crippen LogP contribution in [0.1, 0.15) is 173 Å². The number of ether oxygens (including phenoxy) is 1. The van der Waals surface area contributed by atoms with Gasteiger partial charge < -0.3 is 14.8 Å². The number of carbonyl (C=O) groups excluding carboxylic acids is 3. The monoisotopic (exact) mass is 904 g/mol. The van der Waals surface area contributed by atoms with Gasteiger partial charge in [0.1, 0.15) is 0 Å². The highest BCUT2D eigenvalue weighted by molar-refractivity contribution is 6.01. The molecule has 1 N–H and O–H groups in total. The molecule has 0 radical (unpaired) electrons. The lowest BCUT2D eigenvalue weighted by atomic mass is 9.70. The lowest BCUT2D eigenvalue weighted by Crippen LogP contribution is -2.26. The zero-order valence-electron chi connectivity index (χ0n) is 39.8. The van der Waals surface area contributed by atoms with Gasteiger partial charge in [-0.15, -0.1) is 0 Å². The van der Waals surface area contributed by atoms with Crippen LogP contribution in [0.3, 0.4) is 0 Å². The summed E-state index contributed by atoms with van der Waals surface area (Å²) in [5, 5.41) is 39.5. The van der Waals surface area contributed by atoms with E-state index in [1.165, 1.54) is 31.9 Å². The number of non-ortho nitro benzene ring substituents is 2. The minimum absolute atomic E-state index is 0.136. The average Bonchev–Trinajstić information content (AvgIpc) is 3.72. The van der Waals surface area contributed by atoms with Crippen LogP contribution in [0.5, 0.6) is 0 Å². The average molecular weight is 905 g/mol. The molecule has 0 saturated carbocycles. The van der Waals surface area contributed by atoms with Crippen molar-refractivity contribution in [3.8, 4) is 22.3 Å². The Labute approximate surface area is 387 Å². The first kappa shape index (κ1) is 52.1. The fourth-order valence-electron chi connectivity index (χ4n) is 9.33. The first-order valence-corrected chi connectivity index (χ1v) is 22.9. The van der Waals surface area contributed by atoms with Gasteiger partial charge in [0, 0.05) is 55.9 Å². The molecule has 0 heterocycles. The highest BCUT2D eigenvalue weighted by Gasteiger charge is 2.44. The summed E-state index contributed by atoms with van der Waals surface area (Å²) in [7, 11) is 0. The van der Waals surface area contributed by atoms with Gasteiger partial charge in [0.2, 0.25) is 0 Å². The summed E-state index contributed by atoms with van der Waals surface area (Å²) >= 11 is 0. The lowest BCUT2D eigenvalue weighted by molar-refractivity contribution is -0.385. The van der Waals surface area contributed by atoms with Crippen molar-refractivity contribution in [2.75, 3.05) is 0 Å². The van der Waals surface area contributed by atoms with Gasteiger partial charge in [0.25, 0.3) is 11.4 Å². The molecular weight excluding hydrogens is 841 g/mol. The first-order valence-electron chi connectivity index (χ1n) is 22.9. The van der Waals surface area contributed by atoms with E-state index in [4.69, 9.17) is 4.84 Å². The third-order valence-electron chi connectivity index (χ3n) is 12.5. The molecule has 352 valence electrons. The van der Waals surface area contributed by atoms with E-state index < -0.39 is 17.9 Å². The van der Waals surface area contributed by atoms with Crippen LogP contribution in [0.4, 0.5) is 11.4 Å². The van der Waals surface area contributed by atoms with Crippen molar-refractivity contribution >= 4 is 40.7 Å². The molecule has 2 aliphatic carbocycles. The van der Waals surface area contributed by atoms with Crippen molar-refractivity contribution in [3.63, 3.8) is 0 Å². The van der Waals surface area contributed by atoms with Gasteiger partial charge in [0.05, 0.1) is 21.3 Å². The van der Waals surface area contributed by atoms with E-state index in [0.29, 0.717) is 11.4 Å². The Balaban J connectivity index is 0.000000253. The van der Waals surface area contributed by atoms with Gasteiger partial charge in [-0.25, -0.2) is 4.79 Å². The molecular formula is C52H64N4O10. The Hall–Kier alpha value is -6.57. The maximum atomic E-state index is 11.5. The second-order valence-electron chi connectivity index (χ2n) is 17.1. The van der Waals surface area contributed by atoms with Gasteiger partial charge in [-0.05, 0) is 119 Å². The Morgan fingerprint density at radius 1 is 0.530 bits per heavy atom. The molecule has 6 rings (SSSR count). The number of fused-ring (bicyclic) bond motifs is 6. The van der Waals surface area contributed by atoms with E-state index in [9.17, 15) is 39.8 Å². The molecule has 0 bridgehead atoms. The number of rotatable bonds is 17. The zero-order chi connectivity index (χ0) is 48.8. The maximum Gasteiger partial charge on any atom is 0.331 e. The van der Waals surface area contributed by atoms with Gasteiger partial charge >= 0.3 is 17.9 Å². The third-order valence-corrected chi connectivity index (χ3v) is 12.5. The van der Waals surface area contributed by atoms with Gasteiger partial charge in [0.15, 0.2) is 0 Å². The topological polar surface area (TPSA) is 201 Å². The van der Waals surface area contributed by atoms with Gasteiger partial charge in [-0.2, -0.15) is 0 Å². The minimum Gasteiger partial charge on any atom is -0.411 e. The number of hydrogen-bond donors (Lipinski definition) is 1. The van der Waals surface area contributed by atoms with Crippen LogP contribution >= 0.6 is 0 Å². The van der Waals surface area contributed by atoms with Crippen LogP contribution in [0.2, 0.25) is 0 Å². The summed E-state index contributed by atoms with van der Waals surface area (Å²) in [4.78, 5) is 58.0. The normalized spacial score (nSPS) is 13.7. The first-order chi connectivity index (χ1) is 31.4. The quantitative estimate of drug-likeness (QED) is 0.0202.